The lowest BCUT2D eigenvalue weighted by Gasteiger charge is -2.44. The molecule has 2 aliphatic heterocycles. The molecule has 0 spiro atoms. The summed E-state index contributed by atoms with van der Waals surface area (Å²) < 4.78 is 0. The molecule has 0 radical (unpaired) electrons. The lowest BCUT2D eigenvalue weighted by atomic mass is 9.90. The molecule has 3 atom stereocenters. The summed E-state index contributed by atoms with van der Waals surface area (Å²) in [6.07, 6.45) is 5.61. The van der Waals surface area contributed by atoms with Crippen LogP contribution in [0.3, 0.4) is 0 Å². The zero-order valence-corrected chi connectivity index (χ0v) is 9.63. The Balaban J connectivity index is 1.96. The third kappa shape index (κ3) is 2.12. The number of hydrogen-bond donors (Lipinski definition) is 1. The third-order valence-electron chi connectivity index (χ3n) is 4.07. The van der Waals surface area contributed by atoms with Crippen LogP contribution in [0.4, 0.5) is 0 Å². The van der Waals surface area contributed by atoms with Crippen LogP contribution in [0.5, 0.6) is 0 Å². The van der Waals surface area contributed by atoms with Crippen molar-refractivity contribution in [3.05, 3.63) is 0 Å². The van der Waals surface area contributed by atoms with Crippen molar-refractivity contribution < 1.29 is 0 Å². The van der Waals surface area contributed by atoms with E-state index in [-0.39, 0.29) is 0 Å². The standard InChI is InChI=1S/C12H24N2/c1-10-6-7-13-9-12(10)14-8-4-3-5-11(14)2/h10-13H,3-9H2,1-2H3. The van der Waals surface area contributed by atoms with Crippen molar-refractivity contribution in [3.8, 4) is 0 Å². The predicted molar refractivity (Wildman–Crippen MR) is 60.5 cm³/mol. The van der Waals surface area contributed by atoms with Gasteiger partial charge in [-0.1, -0.05) is 13.3 Å². The second-order valence-electron chi connectivity index (χ2n) is 5.12. The van der Waals surface area contributed by atoms with Gasteiger partial charge in [0.25, 0.3) is 0 Å². The molecular formula is C12H24N2. The van der Waals surface area contributed by atoms with Crippen LogP contribution >= 0.6 is 0 Å². The van der Waals surface area contributed by atoms with Crippen LogP contribution in [0.25, 0.3) is 0 Å². The van der Waals surface area contributed by atoms with Gasteiger partial charge in [0.1, 0.15) is 0 Å². The van der Waals surface area contributed by atoms with E-state index in [1.54, 1.807) is 0 Å². The first-order valence-corrected chi connectivity index (χ1v) is 6.25. The Morgan fingerprint density at radius 3 is 2.71 bits per heavy atom. The van der Waals surface area contributed by atoms with Crippen LogP contribution in [0.15, 0.2) is 0 Å². The second-order valence-corrected chi connectivity index (χ2v) is 5.12. The lowest BCUT2D eigenvalue weighted by Crippen LogP contribution is -2.54. The quantitative estimate of drug-likeness (QED) is 0.688. The zero-order valence-electron chi connectivity index (χ0n) is 9.63. The Morgan fingerprint density at radius 2 is 2.00 bits per heavy atom. The van der Waals surface area contributed by atoms with Gasteiger partial charge < -0.3 is 5.32 Å². The Kier molecular flexibility index (Phi) is 3.45. The zero-order chi connectivity index (χ0) is 9.97. The summed E-state index contributed by atoms with van der Waals surface area (Å²) in [5.74, 6) is 0.886. The van der Waals surface area contributed by atoms with E-state index < -0.39 is 0 Å². The van der Waals surface area contributed by atoms with Gasteiger partial charge in [0, 0.05) is 18.6 Å². The van der Waals surface area contributed by atoms with Crippen LogP contribution in [0, 0.1) is 5.92 Å². The average Bonchev–Trinajstić information content (AvgIpc) is 2.20. The molecule has 2 rings (SSSR count). The fraction of sp³-hybridized carbons (Fsp3) is 1.00. The number of piperidine rings is 2. The third-order valence-corrected chi connectivity index (χ3v) is 4.07. The molecule has 0 aliphatic carbocycles. The summed E-state index contributed by atoms with van der Waals surface area (Å²) in [7, 11) is 0. The molecule has 2 aliphatic rings. The first-order chi connectivity index (χ1) is 6.79. The topological polar surface area (TPSA) is 15.3 Å². The fourth-order valence-corrected chi connectivity index (χ4v) is 3.03. The molecule has 3 unspecified atom stereocenters. The highest BCUT2D eigenvalue weighted by molar-refractivity contribution is 4.87. The Labute approximate surface area is 88.1 Å². The minimum atomic E-state index is 0.805. The van der Waals surface area contributed by atoms with Gasteiger partial charge in [-0.05, 0) is 45.2 Å². The molecule has 2 fully saturated rings. The number of rotatable bonds is 1. The van der Waals surface area contributed by atoms with Gasteiger partial charge in [0.15, 0.2) is 0 Å². The van der Waals surface area contributed by atoms with Crippen LogP contribution in [0.1, 0.15) is 39.5 Å². The monoisotopic (exact) mass is 196 g/mol. The van der Waals surface area contributed by atoms with Gasteiger partial charge in [-0.3, -0.25) is 4.90 Å². The Bertz CT molecular complexity index is 161. The Hall–Kier alpha value is -0.0800. The van der Waals surface area contributed by atoms with E-state index in [0.717, 1.165) is 18.0 Å². The highest BCUT2D eigenvalue weighted by Crippen LogP contribution is 2.25. The van der Waals surface area contributed by atoms with Crippen molar-refractivity contribution in [2.75, 3.05) is 19.6 Å². The van der Waals surface area contributed by atoms with Gasteiger partial charge >= 0.3 is 0 Å². The predicted octanol–water partition coefficient (Wildman–Crippen LogP) is 1.86. The smallest absolute Gasteiger partial charge is 0.0249 e. The van der Waals surface area contributed by atoms with E-state index in [0.29, 0.717) is 0 Å². The van der Waals surface area contributed by atoms with Crippen molar-refractivity contribution >= 4 is 0 Å². The van der Waals surface area contributed by atoms with Crippen molar-refractivity contribution in [1.82, 2.24) is 10.2 Å². The van der Waals surface area contributed by atoms with Crippen LogP contribution < -0.4 is 5.32 Å². The fourth-order valence-electron chi connectivity index (χ4n) is 3.03. The maximum atomic E-state index is 3.54. The summed E-state index contributed by atoms with van der Waals surface area (Å²) in [5.41, 5.74) is 0. The largest absolute Gasteiger partial charge is 0.315 e. The first-order valence-electron chi connectivity index (χ1n) is 6.25. The maximum absolute atomic E-state index is 3.54. The van der Waals surface area contributed by atoms with Crippen LogP contribution in [-0.4, -0.2) is 36.6 Å². The van der Waals surface area contributed by atoms with Crippen molar-refractivity contribution in [3.63, 3.8) is 0 Å². The molecule has 0 saturated carbocycles. The molecule has 0 amide bonds. The number of nitrogens with zero attached hydrogens (tertiary/aromatic N) is 1. The van der Waals surface area contributed by atoms with Gasteiger partial charge in [0.2, 0.25) is 0 Å². The molecule has 0 aromatic rings. The molecule has 2 heterocycles. The molecule has 2 heteroatoms. The minimum Gasteiger partial charge on any atom is -0.315 e. The molecule has 0 aromatic carbocycles. The van der Waals surface area contributed by atoms with Crippen molar-refractivity contribution in [1.29, 1.82) is 0 Å². The first kappa shape index (κ1) is 10.4. The average molecular weight is 196 g/mol. The summed E-state index contributed by atoms with van der Waals surface area (Å²) in [6, 6.07) is 1.62. The molecule has 0 bridgehead atoms. The molecule has 14 heavy (non-hydrogen) atoms. The van der Waals surface area contributed by atoms with Gasteiger partial charge in [-0.2, -0.15) is 0 Å². The lowest BCUT2D eigenvalue weighted by molar-refractivity contribution is 0.0596. The molecule has 82 valence electrons. The number of nitrogens with one attached hydrogen (secondary N) is 1. The van der Waals surface area contributed by atoms with Crippen LogP contribution in [-0.2, 0) is 0 Å². The molecule has 1 N–H and O–H groups in total. The summed E-state index contributed by atoms with van der Waals surface area (Å²) in [5, 5.41) is 3.54. The van der Waals surface area contributed by atoms with E-state index >= 15 is 0 Å². The second kappa shape index (κ2) is 4.63. The van der Waals surface area contributed by atoms with Crippen molar-refractivity contribution in [2.24, 2.45) is 5.92 Å². The Morgan fingerprint density at radius 1 is 1.14 bits per heavy atom. The maximum Gasteiger partial charge on any atom is 0.0249 e. The summed E-state index contributed by atoms with van der Waals surface area (Å²) >= 11 is 0. The SMILES string of the molecule is CC1CCNCC1N1CCCCC1C. The number of likely N-dealkylation sites (tertiary alicyclic amines) is 1. The minimum absolute atomic E-state index is 0.805. The molecular weight excluding hydrogens is 172 g/mol. The van der Waals surface area contributed by atoms with E-state index in [4.69, 9.17) is 0 Å². The van der Waals surface area contributed by atoms with Gasteiger partial charge in [-0.25, -0.2) is 0 Å². The van der Waals surface area contributed by atoms with Gasteiger partial charge in [-0.15, -0.1) is 0 Å². The highest BCUT2D eigenvalue weighted by atomic mass is 15.2. The van der Waals surface area contributed by atoms with E-state index in [2.05, 4.69) is 24.1 Å². The van der Waals surface area contributed by atoms with E-state index in [9.17, 15) is 0 Å². The van der Waals surface area contributed by atoms with Crippen LogP contribution in [0.2, 0.25) is 0 Å². The highest BCUT2D eigenvalue weighted by Gasteiger charge is 2.31. The van der Waals surface area contributed by atoms with Gasteiger partial charge in [0.05, 0.1) is 0 Å². The van der Waals surface area contributed by atoms with Crippen molar-refractivity contribution in [2.45, 2.75) is 51.6 Å². The normalized spacial score (nSPS) is 41.1. The number of hydrogen-bond acceptors (Lipinski definition) is 2. The molecule has 2 saturated heterocycles. The summed E-state index contributed by atoms with van der Waals surface area (Å²) in [6.45, 7) is 8.59. The van der Waals surface area contributed by atoms with E-state index in [1.165, 1.54) is 45.3 Å². The molecule has 2 nitrogen and oxygen atoms in total. The van der Waals surface area contributed by atoms with E-state index in [1.807, 2.05) is 0 Å². The summed E-state index contributed by atoms with van der Waals surface area (Å²) in [4.78, 5) is 2.75. The molecule has 0 aromatic heterocycles.